The SMILES string of the molecule is Cc1cc(Nc2nc(N[C@@H]3C[C@H]4CC(CCC#N)C[C@@H](C3)N4)nc3cc(N(C)Cc4cccnc4)ccc23)n[nH]1. The molecule has 2 saturated heterocycles. The fraction of sp³-hybridized carbons (Fsp3) is 0.433. The molecule has 10 heteroatoms. The van der Waals surface area contributed by atoms with Gasteiger partial charge in [-0.15, -0.1) is 0 Å². The van der Waals surface area contributed by atoms with Crippen molar-refractivity contribution in [1.82, 2.24) is 30.5 Å². The summed E-state index contributed by atoms with van der Waals surface area (Å²) in [5.41, 5.74) is 4.07. The predicted molar refractivity (Wildman–Crippen MR) is 157 cm³/mol. The highest BCUT2D eigenvalue weighted by atomic mass is 15.2. The maximum Gasteiger partial charge on any atom is 0.225 e. The Hall–Kier alpha value is -4.23. The number of anilines is 4. The number of aromatic amines is 1. The number of piperidine rings is 2. The second kappa shape index (κ2) is 11.5. The first-order valence-corrected chi connectivity index (χ1v) is 14.1. The van der Waals surface area contributed by atoms with Gasteiger partial charge in [-0.1, -0.05) is 6.07 Å². The Morgan fingerprint density at radius 1 is 1.10 bits per heavy atom. The third kappa shape index (κ3) is 6.00. The van der Waals surface area contributed by atoms with Gasteiger partial charge < -0.3 is 20.9 Å². The molecule has 2 aliphatic rings. The van der Waals surface area contributed by atoms with Crippen LogP contribution in [0.3, 0.4) is 0 Å². The summed E-state index contributed by atoms with van der Waals surface area (Å²) in [4.78, 5) is 16.4. The molecule has 1 unspecified atom stereocenters. The zero-order valence-corrected chi connectivity index (χ0v) is 23.1. The first-order chi connectivity index (χ1) is 19.5. The third-order valence-corrected chi connectivity index (χ3v) is 8.06. The van der Waals surface area contributed by atoms with Crippen LogP contribution in [0, 0.1) is 24.2 Å². The van der Waals surface area contributed by atoms with E-state index >= 15 is 0 Å². The highest BCUT2D eigenvalue weighted by Crippen LogP contribution is 2.34. The smallest absolute Gasteiger partial charge is 0.225 e. The van der Waals surface area contributed by atoms with Gasteiger partial charge in [0.15, 0.2) is 5.82 Å². The minimum atomic E-state index is 0.294. The van der Waals surface area contributed by atoms with Gasteiger partial charge in [0, 0.05) is 73.4 Å². The maximum absolute atomic E-state index is 9.01. The van der Waals surface area contributed by atoms with Crippen molar-refractivity contribution in [3.8, 4) is 6.07 Å². The van der Waals surface area contributed by atoms with Gasteiger partial charge in [-0.3, -0.25) is 10.1 Å². The molecule has 2 fully saturated rings. The van der Waals surface area contributed by atoms with Gasteiger partial charge in [0.1, 0.15) is 5.82 Å². The molecular weight excluding hydrogens is 500 g/mol. The fourth-order valence-corrected chi connectivity index (χ4v) is 6.26. The molecule has 206 valence electrons. The third-order valence-electron chi connectivity index (χ3n) is 8.06. The monoisotopic (exact) mass is 536 g/mol. The van der Waals surface area contributed by atoms with Gasteiger partial charge in [0.25, 0.3) is 0 Å². The minimum absolute atomic E-state index is 0.294. The summed E-state index contributed by atoms with van der Waals surface area (Å²) >= 11 is 0. The van der Waals surface area contributed by atoms with Gasteiger partial charge in [0.05, 0.1) is 11.6 Å². The summed E-state index contributed by atoms with van der Waals surface area (Å²) in [5, 5.41) is 28.2. The van der Waals surface area contributed by atoms with Crippen LogP contribution in [0.1, 0.15) is 49.8 Å². The lowest BCUT2D eigenvalue weighted by atomic mass is 9.77. The number of aryl methyl sites for hydroxylation is 1. The summed E-state index contributed by atoms with van der Waals surface area (Å²) in [7, 11) is 2.08. The molecular formula is C30H36N10. The maximum atomic E-state index is 9.01. The normalized spacial score (nSPS) is 22.0. The number of nitrogens with zero attached hydrogens (tertiary/aromatic N) is 6. The molecule has 0 spiro atoms. The van der Waals surface area contributed by atoms with E-state index in [1.165, 1.54) is 0 Å². The molecule has 5 heterocycles. The number of hydrogen-bond acceptors (Lipinski definition) is 9. The van der Waals surface area contributed by atoms with Crippen LogP contribution in [-0.4, -0.2) is 50.3 Å². The molecule has 3 aromatic heterocycles. The fourth-order valence-electron chi connectivity index (χ4n) is 6.26. The molecule has 2 aliphatic heterocycles. The Bertz CT molecular complexity index is 1480. The van der Waals surface area contributed by atoms with Gasteiger partial charge in [-0.25, -0.2) is 4.98 Å². The van der Waals surface area contributed by atoms with Gasteiger partial charge in [0.2, 0.25) is 5.95 Å². The van der Waals surface area contributed by atoms with Gasteiger partial charge >= 0.3 is 0 Å². The van der Waals surface area contributed by atoms with Crippen LogP contribution in [-0.2, 0) is 6.54 Å². The molecule has 10 nitrogen and oxygen atoms in total. The number of aromatic nitrogens is 5. The average molecular weight is 537 g/mol. The van der Waals surface area contributed by atoms with Crippen LogP contribution in [0.25, 0.3) is 10.9 Å². The molecule has 0 radical (unpaired) electrons. The minimum Gasteiger partial charge on any atom is -0.370 e. The van der Waals surface area contributed by atoms with Gasteiger partial charge in [-0.2, -0.15) is 15.3 Å². The lowest BCUT2D eigenvalue weighted by Crippen LogP contribution is -2.54. The van der Waals surface area contributed by atoms with Crippen molar-refractivity contribution in [2.24, 2.45) is 5.92 Å². The summed E-state index contributed by atoms with van der Waals surface area (Å²) in [6.07, 6.45) is 9.67. The number of fused-ring (bicyclic) bond motifs is 3. The summed E-state index contributed by atoms with van der Waals surface area (Å²) in [6.45, 7) is 2.73. The molecule has 40 heavy (non-hydrogen) atoms. The number of nitriles is 1. The summed E-state index contributed by atoms with van der Waals surface area (Å²) in [6, 6.07) is 15.9. The molecule has 0 amide bonds. The van der Waals surface area contributed by atoms with E-state index < -0.39 is 0 Å². The van der Waals surface area contributed by atoms with E-state index in [4.69, 9.17) is 15.2 Å². The van der Waals surface area contributed by atoms with E-state index in [-0.39, 0.29) is 0 Å². The number of hydrogen-bond donors (Lipinski definition) is 4. The molecule has 2 bridgehead atoms. The van der Waals surface area contributed by atoms with Crippen molar-refractivity contribution >= 4 is 34.2 Å². The number of pyridine rings is 1. The summed E-state index contributed by atoms with van der Waals surface area (Å²) in [5.74, 6) is 2.72. The zero-order chi connectivity index (χ0) is 27.5. The standard InChI is InChI=1S/C30H36N10/c1-19-11-28(39-38-19)36-29-26-8-7-25(40(2)18-21-6-4-10-32-17-21)16-27(26)35-30(37-29)34-24-14-22-12-20(5-3-9-31)13-23(15-24)33-22/h4,6-8,10-11,16-17,20,22-24,33H,3,5,12-15,18H2,1-2H3,(H3,34,35,36,37,38,39)/t20?,22-,23+,24-. The lowest BCUT2D eigenvalue weighted by Gasteiger charge is -2.43. The van der Waals surface area contributed by atoms with Crippen LogP contribution < -0.4 is 20.9 Å². The van der Waals surface area contributed by atoms with Crippen molar-refractivity contribution in [3.05, 3.63) is 60.0 Å². The Morgan fingerprint density at radius 2 is 1.95 bits per heavy atom. The van der Waals surface area contributed by atoms with Crippen molar-refractivity contribution < 1.29 is 0 Å². The Morgan fingerprint density at radius 3 is 2.67 bits per heavy atom. The Balaban J connectivity index is 1.25. The topological polar surface area (TPSA) is 130 Å². The first-order valence-electron chi connectivity index (χ1n) is 14.1. The van der Waals surface area contributed by atoms with E-state index in [1.807, 2.05) is 25.3 Å². The van der Waals surface area contributed by atoms with E-state index in [2.05, 4.69) is 73.4 Å². The van der Waals surface area contributed by atoms with E-state index in [0.717, 1.165) is 78.1 Å². The Labute approximate surface area is 234 Å². The van der Waals surface area contributed by atoms with Crippen LogP contribution in [0.4, 0.5) is 23.3 Å². The van der Waals surface area contributed by atoms with Gasteiger partial charge in [-0.05, 0) is 74.8 Å². The molecule has 1 aromatic carbocycles. The van der Waals surface area contributed by atoms with Crippen LogP contribution in [0.5, 0.6) is 0 Å². The molecule has 4 atom stereocenters. The average Bonchev–Trinajstić information content (AvgIpc) is 3.36. The second-order valence-electron chi connectivity index (χ2n) is 11.3. The van der Waals surface area contributed by atoms with Crippen LogP contribution >= 0.6 is 0 Å². The molecule has 0 saturated carbocycles. The number of benzene rings is 1. The number of nitrogens with one attached hydrogen (secondary N) is 4. The Kier molecular flexibility index (Phi) is 7.47. The predicted octanol–water partition coefficient (Wildman–Crippen LogP) is 5.05. The van der Waals surface area contributed by atoms with Crippen molar-refractivity contribution in [2.45, 2.75) is 70.1 Å². The van der Waals surface area contributed by atoms with E-state index in [9.17, 15) is 0 Å². The largest absolute Gasteiger partial charge is 0.370 e. The zero-order valence-electron chi connectivity index (χ0n) is 23.1. The number of rotatable bonds is 9. The molecule has 4 N–H and O–H groups in total. The number of H-pyrrole nitrogens is 1. The van der Waals surface area contributed by atoms with E-state index in [0.29, 0.717) is 36.4 Å². The first kappa shape index (κ1) is 26.0. The molecule has 0 aliphatic carbocycles. The quantitative estimate of drug-likeness (QED) is 0.232. The highest BCUT2D eigenvalue weighted by molar-refractivity contribution is 5.93. The van der Waals surface area contributed by atoms with E-state index in [1.54, 1.807) is 6.20 Å². The van der Waals surface area contributed by atoms with Crippen molar-refractivity contribution in [2.75, 3.05) is 22.6 Å². The highest BCUT2D eigenvalue weighted by Gasteiger charge is 2.35. The molecule has 6 rings (SSSR count). The molecule has 4 aromatic rings. The second-order valence-corrected chi connectivity index (χ2v) is 11.3. The summed E-state index contributed by atoms with van der Waals surface area (Å²) < 4.78 is 0. The van der Waals surface area contributed by atoms with Crippen LogP contribution in [0.15, 0.2) is 48.8 Å². The van der Waals surface area contributed by atoms with Crippen molar-refractivity contribution in [3.63, 3.8) is 0 Å². The lowest BCUT2D eigenvalue weighted by molar-refractivity contribution is 0.171. The van der Waals surface area contributed by atoms with Crippen molar-refractivity contribution in [1.29, 1.82) is 5.26 Å². The van der Waals surface area contributed by atoms with Crippen LogP contribution in [0.2, 0.25) is 0 Å².